The molecular weight excluding hydrogens is 352 g/mol. The Morgan fingerprint density at radius 3 is 2.59 bits per heavy atom. The number of carboxylic acid groups (broad SMARTS) is 1. The van der Waals surface area contributed by atoms with Crippen LogP contribution >= 0.6 is 0 Å². The first-order valence-electron chi connectivity index (χ1n) is 8.67. The highest BCUT2D eigenvalue weighted by atomic mass is 16.5. The lowest BCUT2D eigenvalue weighted by molar-refractivity contribution is -0.141. The van der Waals surface area contributed by atoms with E-state index in [0.29, 0.717) is 43.3 Å². The number of amides is 1. The predicted octanol–water partition coefficient (Wildman–Crippen LogP) is 1.15. The molecule has 0 aliphatic carbocycles. The zero-order valence-electron chi connectivity index (χ0n) is 15.3. The number of carbonyl (C=O) groups excluding carboxylic acids is 1. The van der Waals surface area contributed by atoms with Crippen molar-refractivity contribution in [3.8, 4) is 11.4 Å². The van der Waals surface area contributed by atoms with Gasteiger partial charge in [-0.1, -0.05) is 0 Å². The Balaban J connectivity index is 1.71. The van der Waals surface area contributed by atoms with Gasteiger partial charge >= 0.3 is 5.97 Å². The van der Waals surface area contributed by atoms with Crippen molar-refractivity contribution < 1.29 is 24.2 Å². The second kappa shape index (κ2) is 8.17. The van der Waals surface area contributed by atoms with Gasteiger partial charge in [0.1, 0.15) is 12.4 Å². The predicted molar refractivity (Wildman–Crippen MR) is 95.1 cm³/mol. The summed E-state index contributed by atoms with van der Waals surface area (Å²) in [6, 6.07) is 7.19. The zero-order valence-corrected chi connectivity index (χ0v) is 15.3. The summed E-state index contributed by atoms with van der Waals surface area (Å²) in [5.74, 6) is -0.983. The quantitative estimate of drug-likeness (QED) is 0.725. The molecule has 9 nitrogen and oxygen atoms in total. The van der Waals surface area contributed by atoms with Gasteiger partial charge in [-0.3, -0.25) is 9.59 Å². The van der Waals surface area contributed by atoms with Crippen molar-refractivity contribution in [2.45, 2.75) is 13.3 Å². The van der Waals surface area contributed by atoms with Gasteiger partial charge in [-0.15, -0.1) is 5.10 Å². The third-order valence-corrected chi connectivity index (χ3v) is 4.43. The maximum Gasteiger partial charge on any atom is 0.308 e. The number of rotatable bonds is 7. The lowest BCUT2D eigenvalue weighted by Crippen LogP contribution is -2.30. The molecule has 0 unspecified atom stereocenters. The van der Waals surface area contributed by atoms with Crippen molar-refractivity contribution in [1.29, 1.82) is 0 Å². The van der Waals surface area contributed by atoms with Crippen molar-refractivity contribution in [3.63, 3.8) is 0 Å². The Hall–Kier alpha value is -2.94. The van der Waals surface area contributed by atoms with Crippen LogP contribution in [-0.4, -0.2) is 70.3 Å². The van der Waals surface area contributed by atoms with Gasteiger partial charge in [-0.25, -0.2) is 0 Å². The molecule has 9 heteroatoms. The van der Waals surface area contributed by atoms with Crippen molar-refractivity contribution in [2.24, 2.45) is 5.92 Å². The molecule has 1 aliphatic rings. The molecule has 1 N–H and O–H groups in total. The average molecular weight is 374 g/mol. The molecule has 0 saturated carbocycles. The SMILES string of the molecule is COCCOc1ccc(-n2nc(C)c(C(=O)N3CC[C@H](C(=O)O)C3)n2)cc1. The van der Waals surface area contributed by atoms with E-state index in [0.717, 1.165) is 0 Å². The van der Waals surface area contributed by atoms with Crippen LogP contribution in [0.5, 0.6) is 5.75 Å². The van der Waals surface area contributed by atoms with E-state index in [1.807, 2.05) is 0 Å². The van der Waals surface area contributed by atoms with Crippen LogP contribution in [0.15, 0.2) is 24.3 Å². The Morgan fingerprint density at radius 2 is 1.96 bits per heavy atom. The third kappa shape index (κ3) is 4.25. The van der Waals surface area contributed by atoms with Gasteiger partial charge in [-0.05, 0) is 37.6 Å². The monoisotopic (exact) mass is 374 g/mol. The Bertz CT molecular complexity index is 818. The number of carbonyl (C=O) groups is 2. The first-order chi connectivity index (χ1) is 13.0. The molecule has 1 aromatic heterocycles. The van der Waals surface area contributed by atoms with Gasteiger partial charge < -0.3 is 19.5 Å². The minimum Gasteiger partial charge on any atom is -0.491 e. The molecule has 0 radical (unpaired) electrons. The number of aliphatic carboxylic acids is 1. The number of likely N-dealkylation sites (tertiary alicyclic amines) is 1. The highest BCUT2D eigenvalue weighted by Crippen LogP contribution is 2.20. The molecule has 2 heterocycles. The van der Waals surface area contributed by atoms with E-state index in [-0.39, 0.29) is 18.1 Å². The maximum absolute atomic E-state index is 12.7. The van der Waals surface area contributed by atoms with Crippen molar-refractivity contribution in [3.05, 3.63) is 35.7 Å². The van der Waals surface area contributed by atoms with Crippen molar-refractivity contribution in [2.75, 3.05) is 33.4 Å². The van der Waals surface area contributed by atoms with Gasteiger partial charge in [0.15, 0.2) is 5.69 Å². The third-order valence-electron chi connectivity index (χ3n) is 4.43. The molecule has 1 aliphatic heterocycles. The summed E-state index contributed by atoms with van der Waals surface area (Å²) in [5.41, 5.74) is 1.43. The minimum atomic E-state index is -0.876. The highest BCUT2D eigenvalue weighted by Gasteiger charge is 2.33. The number of hydrogen-bond acceptors (Lipinski definition) is 6. The number of aromatic nitrogens is 3. The molecule has 0 bridgehead atoms. The van der Waals surface area contributed by atoms with E-state index in [9.17, 15) is 9.59 Å². The molecule has 2 aromatic rings. The average Bonchev–Trinajstić information content (AvgIpc) is 3.29. The summed E-state index contributed by atoms with van der Waals surface area (Å²) < 4.78 is 10.5. The Labute approximate surface area is 156 Å². The van der Waals surface area contributed by atoms with E-state index < -0.39 is 11.9 Å². The normalized spacial score (nSPS) is 16.5. The summed E-state index contributed by atoms with van der Waals surface area (Å²) in [6.07, 6.45) is 0.457. The van der Waals surface area contributed by atoms with Crippen LogP contribution in [0.2, 0.25) is 0 Å². The largest absolute Gasteiger partial charge is 0.491 e. The van der Waals surface area contributed by atoms with E-state index in [1.54, 1.807) is 38.3 Å². The topological polar surface area (TPSA) is 107 Å². The van der Waals surface area contributed by atoms with Gasteiger partial charge in [0.25, 0.3) is 5.91 Å². The molecule has 1 fully saturated rings. The van der Waals surface area contributed by atoms with E-state index in [2.05, 4.69) is 10.2 Å². The molecule has 144 valence electrons. The van der Waals surface area contributed by atoms with Gasteiger partial charge in [0.2, 0.25) is 0 Å². The second-order valence-electron chi connectivity index (χ2n) is 6.33. The highest BCUT2D eigenvalue weighted by molar-refractivity contribution is 5.93. The lowest BCUT2D eigenvalue weighted by Gasteiger charge is -2.14. The fourth-order valence-electron chi connectivity index (χ4n) is 2.91. The molecule has 1 aromatic carbocycles. The molecule has 1 saturated heterocycles. The molecule has 0 spiro atoms. The first kappa shape index (κ1) is 18.8. The van der Waals surface area contributed by atoms with E-state index in [4.69, 9.17) is 14.6 Å². The van der Waals surface area contributed by atoms with Crippen molar-refractivity contribution >= 4 is 11.9 Å². The van der Waals surface area contributed by atoms with E-state index >= 15 is 0 Å². The Morgan fingerprint density at radius 1 is 1.22 bits per heavy atom. The van der Waals surface area contributed by atoms with Crippen LogP contribution in [0.25, 0.3) is 5.69 Å². The number of aryl methyl sites for hydroxylation is 1. The standard InChI is InChI=1S/C18H22N4O5/c1-12-16(17(23)21-8-7-13(11-21)18(24)25)20-22(19-12)14-3-5-15(6-4-14)27-10-9-26-2/h3-6,13H,7-11H2,1-2H3,(H,24,25)/t13-/m0/s1. The maximum atomic E-state index is 12.7. The zero-order chi connectivity index (χ0) is 19.4. The van der Waals surface area contributed by atoms with Crippen LogP contribution in [0.4, 0.5) is 0 Å². The molecule has 3 rings (SSSR count). The van der Waals surface area contributed by atoms with Crippen LogP contribution in [-0.2, 0) is 9.53 Å². The number of nitrogens with zero attached hydrogens (tertiary/aromatic N) is 4. The number of ether oxygens (including phenoxy) is 2. The number of carboxylic acids is 1. The molecule has 1 amide bonds. The minimum absolute atomic E-state index is 0.202. The van der Waals surface area contributed by atoms with Gasteiger partial charge in [0, 0.05) is 20.2 Å². The fourth-order valence-corrected chi connectivity index (χ4v) is 2.91. The van der Waals surface area contributed by atoms with Crippen LogP contribution < -0.4 is 4.74 Å². The summed E-state index contributed by atoms with van der Waals surface area (Å²) in [6.45, 7) is 3.29. The second-order valence-corrected chi connectivity index (χ2v) is 6.33. The van der Waals surface area contributed by atoms with Crippen LogP contribution in [0.1, 0.15) is 22.6 Å². The number of hydrogen-bond donors (Lipinski definition) is 1. The van der Waals surface area contributed by atoms with Gasteiger partial charge in [-0.2, -0.15) is 9.90 Å². The molecular formula is C18H22N4O5. The summed E-state index contributed by atoms with van der Waals surface area (Å²) in [4.78, 5) is 26.7. The first-order valence-corrected chi connectivity index (χ1v) is 8.67. The fraction of sp³-hybridized carbons (Fsp3) is 0.444. The number of methoxy groups -OCH3 is 1. The van der Waals surface area contributed by atoms with E-state index in [1.165, 1.54) is 9.70 Å². The smallest absolute Gasteiger partial charge is 0.308 e. The summed E-state index contributed by atoms with van der Waals surface area (Å²) in [5, 5.41) is 17.7. The van der Waals surface area contributed by atoms with Crippen molar-refractivity contribution in [1.82, 2.24) is 19.9 Å². The molecule has 27 heavy (non-hydrogen) atoms. The number of benzene rings is 1. The Kier molecular flexibility index (Phi) is 5.70. The van der Waals surface area contributed by atoms with Gasteiger partial charge in [0.05, 0.1) is 23.9 Å². The molecule has 1 atom stereocenters. The summed E-state index contributed by atoms with van der Waals surface area (Å²) in [7, 11) is 1.61. The van der Waals surface area contributed by atoms with Crippen LogP contribution in [0, 0.1) is 12.8 Å². The summed E-state index contributed by atoms with van der Waals surface area (Å²) >= 11 is 0. The van der Waals surface area contributed by atoms with Crippen LogP contribution in [0.3, 0.4) is 0 Å². The lowest BCUT2D eigenvalue weighted by atomic mass is 10.1.